The van der Waals surface area contributed by atoms with Gasteiger partial charge < -0.3 is 5.11 Å². The molecule has 0 saturated heterocycles. The molecule has 0 aromatic heterocycles. The van der Waals surface area contributed by atoms with Crippen molar-refractivity contribution in [3.8, 4) is 6.07 Å². The van der Waals surface area contributed by atoms with Crippen molar-refractivity contribution in [1.29, 1.82) is 10.7 Å². The molecule has 16 heavy (non-hydrogen) atoms. The van der Waals surface area contributed by atoms with Gasteiger partial charge in [0.25, 0.3) is 0 Å². The molecule has 80 valence electrons. The van der Waals surface area contributed by atoms with Crippen LogP contribution in [0.2, 0.25) is 0 Å². The summed E-state index contributed by atoms with van der Waals surface area (Å²) in [4.78, 5) is 2.70. The minimum absolute atomic E-state index is 0.166. The monoisotopic (exact) mass is 214 g/mol. The summed E-state index contributed by atoms with van der Waals surface area (Å²) in [7, 11) is 0. The predicted octanol–water partition coefficient (Wildman–Crippen LogP) is 3.16. The first-order valence-corrected chi connectivity index (χ1v) is 4.99. The van der Waals surface area contributed by atoms with E-state index in [2.05, 4.69) is 4.98 Å². The van der Waals surface area contributed by atoms with Crippen LogP contribution in [0, 0.1) is 16.7 Å². The predicted molar refractivity (Wildman–Crippen MR) is 59.7 cm³/mol. The summed E-state index contributed by atoms with van der Waals surface area (Å²) < 4.78 is 0. The number of aryl methyl sites for hydroxylation is 1. The third-order valence-corrected chi connectivity index (χ3v) is 2.20. The summed E-state index contributed by atoms with van der Waals surface area (Å²) >= 11 is 0. The van der Waals surface area contributed by atoms with Crippen LogP contribution in [-0.2, 0) is 6.42 Å². The zero-order chi connectivity index (χ0) is 11.8. The van der Waals surface area contributed by atoms with Crippen molar-refractivity contribution in [2.24, 2.45) is 0 Å². The fraction of sp³-hybridized carbons (Fsp3) is 0.250. The van der Waals surface area contributed by atoms with Gasteiger partial charge in [0.05, 0.1) is 0 Å². The fourth-order valence-corrected chi connectivity index (χ4v) is 1.37. The molecule has 4 heteroatoms. The Morgan fingerprint density at radius 2 is 2.00 bits per heavy atom. The third-order valence-electron chi connectivity index (χ3n) is 2.20. The Morgan fingerprint density at radius 3 is 2.56 bits per heavy atom. The van der Waals surface area contributed by atoms with E-state index < -0.39 is 0 Å². The van der Waals surface area contributed by atoms with Crippen LogP contribution < -0.4 is 0 Å². The Kier molecular flexibility index (Phi) is 4.56. The summed E-state index contributed by atoms with van der Waals surface area (Å²) in [6.07, 6.45) is 1.85. The van der Waals surface area contributed by atoms with E-state index in [1.807, 2.05) is 30.3 Å². The van der Waals surface area contributed by atoms with Crippen molar-refractivity contribution in [2.75, 3.05) is 0 Å². The Morgan fingerprint density at radius 1 is 1.31 bits per heavy atom. The van der Waals surface area contributed by atoms with E-state index in [9.17, 15) is 5.11 Å². The molecule has 0 aliphatic heterocycles. The maximum atomic E-state index is 9.39. The molecule has 1 aromatic rings. The number of allylic oxidation sites excluding steroid dienone is 2. The van der Waals surface area contributed by atoms with Gasteiger partial charge in [-0.3, -0.25) is 0 Å². The van der Waals surface area contributed by atoms with Crippen molar-refractivity contribution in [1.82, 2.24) is 0 Å². The van der Waals surface area contributed by atoms with Crippen molar-refractivity contribution >= 4 is 0 Å². The quantitative estimate of drug-likeness (QED) is 0.475. The normalized spacial score (nSPS) is 11.1. The molecule has 0 radical (unpaired) electrons. The van der Waals surface area contributed by atoms with E-state index in [0.717, 1.165) is 6.42 Å². The third kappa shape index (κ3) is 3.43. The largest absolute Gasteiger partial charge is 0.504 e. The lowest BCUT2D eigenvalue weighted by Gasteiger charge is -1.98. The minimum atomic E-state index is -0.312. The summed E-state index contributed by atoms with van der Waals surface area (Å²) in [6, 6.07) is 11.5. The van der Waals surface area contributed by atoms with Gasteiger partial charge >= 0.3 is 5.70 Å². The van der Waals surface area contributed by atoms with E-state index in [0.29, 0.717) is 12.8 Å². The first kappa shape index (κ1) is 11.7. The summed E-state index contributed by atoms with van der Waals surface area (Å²) in [5.74, 6) is -0.166. The van der Waals surface area contributed by atoms with Crippen molar-refractivity contribution in [2.45, 2.75) is 19.3 Å². The molecule has 1 N–H and O–H groups in total. The maximum Gasteiger partial charge on any atom is 0.497 e. The van der Waals surface area contributed by atoms with Gasteiger partial charge in [0, 0.05) is 6.42 Å². The van der Waals surface area contributed by atoms with E-state index in [1.165, 1.54) is 5.56 Å². The SMILES string of the molecule is N#C/C([N+]#N)=C(\O)CCCc1ccccc1. The maximum absolute atomic E-state index is 9.39. The molecule has 1 rings (SSSR count). The van der Waals surface area contributed by atoms with Crippen LogP contribution in [0.25, 0.3) is 4.98 Å². The highest BCUT2D eigenvalue weighted by molar-refractivity contribution is 5.28. The average molecular weight is 214 g/mol. The van der Waals surface area contributed by atoms with Gasteiger partial charge in [-0.2, -0.15) is 5.26 Å². The van der Waals surface area contributed by atoms with Gasteiger partial charge in [-0.25, -0.2) is 0 Å². The standard InChI is InChI=1S/C12H11N3O/c13-9-11(15-14)12(16)8-4-7-10-5-2-1-3-6-10/h1-3,5-6H,4,7-8H2/p+1/b12-11+. The molecule has 0 amide bonds. The van der Waals surface area contributed by atoms with E-state index in [1.54, 1.807) is 6.07 Å². The van der Waals surface area contributed by atoms with Crippen molar-refractivity contribution in [3.63, 3.8) is 0 Å². The number of nitriles is 1. The van der Waals surface area contributed by atoms with E-state index >= 15 is 0 Å². The second-order valence-corrected chi connectivity index (χ2v) is 3.35. The number of diazo groups is 1. The highest BCUT2D eigenvalue weighted by Gasteiger charge is 2.16. The van der Waals surface area contributed by atoms with Gasteiger partial charge in [0.15, 0.2) is 11.0 Å². The van der Waals surface area contributed by atoms with Gasteiger partial charge in [-0.05, 0) is 18.4 Å². The summed E-state index contributed by atoms with van der Waals surface area (Å²) in [5.41, 5.74) is 0.864. The highest BCUT2D eigenvalue weighted by atomic mass is 16.3. The molecule has 1 aromatic carbocycles. The molecule has 0 saturated carbocycles. The number of nitrogens with zero attached hydrogens (tertiary/aromatic N) is 3. The van der Waals surface area contributed by atoms with Gasteiger partial charge in [0.1, 0.15) is 0 Å². The molecule has 0 unspecified atom stereocenters. The van der Waals surface area contributed by atoms with Crippen LogP contribution in [0.4, 0.5) is 0 Å². The van der Waals surface area contributed by atoms with Crippen LogP contribution in [0.1, 0.15) is 18.4 Å². The number of benzene rings is 1. The van der Waals surface area contributed by atoms with Crippen molar-refractivity contribution < 1.29 is 5.11 Å². The lowest BCUT2D eigenvalue weighted by atomic mass is 10.1. The van der Waals surface area contributed by atoms with E-state index in [-0.39, 0.29) is 11.5 Å². The average Bonchev–Trinajstić information content (AvgIpc) is 2.32. The topological polar surface area (TPSA) is 72.2 Å². The lowest BCUT2D eigenvalue weighted by molar-refractivity contribution is 0.380. The Labute approximate surface area is 94.1 Å². The Bertz CT molecular complexity index is 435. The zero-order valence-electron chi connectivity index (χ0n) is 8.80. The van der Waals surface area contributed by atoms with Crippen LogP contribution in [0.5, 0.6) is 0 Å². The molecular weight excluding hydrogens is 202 g/mol. The number of hydrogen-bond acceptors (Lipinski definition) is 3. The van der Waals surface area contributed by atoms with Gasteiger partial charge in [-0.1, -0.05) is 30.3 Å². The summed E-state index contributed by atoms with van der Waals surface area (Å²) in [5, 5.41) is 26.3. The van der Waals surface area contributed by atoms with E-state index in [4.69, 9.17) is 10.7 Å². The zero-order valence-corrected chi connectivity index (χ0v) is 8.80. The molecule has 4 nitrogen and oxygen atoms in total. The molecule has 0 bridgehead atoms. The molecular formula is C12H12N3O+. The molecule has 0 fully saturated rings. The number of hydrogen-bond donors (Lipinski definition) is 1. The Hall–Kier alpha value is -2.33. The molecule has 0 aliphatic carbocycles. The Balaban J connectivity index is 2.46. The second kappa shape index (κ2) is 6.21. The first-order chi connectivity index (χ1) is 7.77. The van der Waals surface area contributed by atoms with Crippen molar-refractivity contribution in [3.05, 3.63) is 52.3 Å². The first-order valence-electron chi connectivity index (χ1n) is 4.99. The smallest absolute Gasteiger partial charge is 0.497 e. The molecule has 0 spiro atoms. The van der Waals surface area contributed by atoms with Crippen LogP contribution in [-0.4, -0.2) is 5.11 Å². The van der Waals surface area contributed by atoms with Crippen LogP contribution in [0.3, 0.4) is 0 Å². The summed E-state index contributed by atoms with van der Waals surface area (Å²) in [6.45, 7) is 0. The van der Waals surface area contributed by atoms with Crippen LogP contribution in [0.15, 0.2) is 41.8 Å². The minimum Gasteiger partial charge on any atom is -0.504 e. The highest BCUT2D eigenvalue weighted by Crippen LogP contribution is 2.12. The van der Waals surface area contributed by atoms with Gasteiger partial charge in [0.2, 0.25) is 11.2 Å². The van der Waals surface area contributed by atoms with Gasteiger partial charge in [-0.15, -0.1) is 0 Å². The van der Waals surface area contributed by atoms with Crippen LogP contribution >= 0.6 is 0 Å². The molecule has 0 aliphatic rings. The molecule has 0 atom stereocenters. The number of rotatable bonds is 4. The molecule has 0 heterocycles. The number of aliphatic hydroxyl groups is 1. The number of aliphatic hydroxyl groups excluding tert-OH is 1. The second-order valence-electron chi connectivity index (χ2n) is 3.35. The lowest BCUT2D eigenvalue weighted by Crippen LogP contribution is -1.90. The fourth-order valence-electron chi connectivity index (χ4n) is 1.37.